The Morgan fingerprint density at radius 2 is 2.26 bits per heavy atom. The maximum absolute atomic E-state index is 13.5. The first-order valence-electron chi connectivity index (χ1n) is 9.05. The third kappa shape index (κ3) is 3.78. The van der Waals surface area contributed by atoms with Crippen molar-refractivity contribution in [2.75, 3.05) is 13.1 Å². The molecule has 1 aliphatic rings. The van der Waals surface area contributed by atoms with Crippen LogP contribution >= 0.6 is 11.3 Å². The zero-order chi connectivity index (χ0) is 18.8. The van der Waals surface area contributed by atoms with Gasteiger partial charge >= 0.3 is 0 Å². The number of amides is 1. The lowest BCUT2D eigenvalue weighted by Crippen LogP contribution is -2.39. The SMILES string of the molecule is Cc1cc(C(=O)N2CCC[C@H](c3nccn3Cc3cscn3)C2)ccc1F. The van der Waals surface area contributed by atoms with Crippen molar-refractivity contribution < 1.29 is 9.18 Å². The molecule has 0 unspecified atom stereocenters. The van der Waals surface area contributed by atoms with Crippen LogP contribution in [0.15, 0.2) is 41.5 Å². The van der Waals surface area contributed by atoms with Gasteiger partial charge in [0.25, 0.3) is 5.91 Å². The zero-order valence-corrected chi connectivity index (χ0v) is 16.0. The number of rotatable bonds is 4. The van der Waals surface area contributed by atoms with Crippen LogP contribution in [-0.2, 0) is 6.54 Å². The van der Waals surface area contributed by atoms with Crippen LogP contribution in [0.4, 0.5) is 4.39 Å². The van der Waals surface area contributed by atoms with E-state index in [4.69, 9.17) is 0 Å². The Hall–Kier alpha value is -2.54. The van der Waals surface area contributed by atoms with E-state index in [2.05, 4.69) is 14.5 Å². The van der Waals surface area contributed by atoms with Crippen molar-refractivity contribution in [2.45, 2.75) is 32.2 Å². The topological polar surface area (TPSA) is 51.0 Å². The predicted molar refractivity (Wildman–Crippen MR) is 102 cm³/mol. The fourth-order valence-corrected chi connectivity index (χ4v) is 4.19. The van der Waals surface area contributed by atoms with Crippen LogP contribution in [0.1, 0.15) is 46.2 Å². The molecular weight excluding hydrogens is 363 g/mol. The van der Waals surface area contributed by atoms with Crippen LogP contribution in [0.2, 0.25) is 0 Å². The normalized spacial score (nSPS) is 17.3. The summed E-state index contributed by atoms with van der Waals surface area (Å²) in [4.78, 5) is 23.7. The number of carbonyl (C=O) groups excluding carboxylic acids is 1. The van der Waals surface area contributed by atoms with E-state index in [-0.39, 0.29) is 17.6 Å². The van der Waals surface area contributed by atoms with Crippen LogP contribution in [0.3, 0.4) is 0 Å². The van der Waals surface area contributed by atoms with Gasteiger partial charge in [-0.3, -0.25) is 4.79 Å². The summed E-state index contributed by atoms with van der Waals surface area (Å²) in [6.07, 6.45) is 5.71. The number of aryl methyl sites for hydroxylation is 1. The van der Waals surface area contributed by atoms with E-state index in [9.17, 15) is 9.18 Å². The zero-order valence-electron chi connectivity index (χ0n) is 15.1. The van der Waals surface area contributed by atoms with Crippen molar-refractivity contribution in [2.24, 2.45) is 0 Å². The monoisotopic (exact) mass is 384 g/mol. The number of imidazole rings is 1. The molecule has 0 bridgehead atoms. The third-order valence-electron chi connectivity index (χ3n) is 5.04. The lowest BCUT2D eigenvalue weighted by Gasteiger charge is -2.32. The second kappa shape index (κ2) is 7.60. The van der Waals surface area contributed by atoms with Gasteiger partial charge in [-0.25, -0.2) is 14.4 Å². The van der Waals surface area contributed by atoms with Gasteiger partial charge in [0, 0.05) is 42.3 Å². The second-order valence-corrected chi connectivity index (χ2v) is 7.67. The van der Waals surface area contributed by atoms with Crippen molar-refractivity contribution in [3.05, 3.63) is 69.9 Å². The van der Waals surface area contributed by atoms with E-state index in [0.29, 0.717) is 24.2 Å². The minimum absolute atomic E-state index is 0.0413. The number of piperidine rings is 1. The van der Waals surface area contributed by atoms with Gasteiger partial charge in [-0.05, 0) is 43.5 Å². The molecule has 4 rings (SSSR count). The Bertz CT molecular complexity index is 937. The Morgan fingerprint density at radius 3 is 3.04 bits per heavy atom. The number of likely N-dealkylation sites (tertiary alicyclic amines) is 1. The molecule has 27 heavy (non-hydrogen) atoms. The van der Waals surface area contributed by atoms with Crippen LogP contribution in [0.25, 0.3) is 0 Å². The summed E-state index contributed by atoms with van der Waals surface area (Å²) in [5, 5.41) is 2.04. The van der Waals surface area contributed by atoms with Gasteiger partial charge in [0.1, 0.15) is 11.6 Å². The van der Waals surface area contributed by atoms with Gasteiger partial charge in [0.05, 0.1) is 17.7 Å². The summed E-state index contributed by atoms with van der Waals surface area (Å²) in [6, 6.07) is 4.56. The third-order valence-corrected chi connectivity index (χ3v) is 5.68. The number of hydrogen-bond acceptors (Lipinski definition) is 4. The molecule has 3 aromatic rings. The van der Waals surface area contributed by atoms with Crippen LogP contribution < -0.4 is 0 Å². The van der Waals surface area contributed by atoms with Gasteiger partial charge in [0.15, 0.2) is 0 Å². The molecule has 1 aromatic carbocycles. The van der Waals surface area contributed by atoms with Gasteiger partial charge in [0.2, 0.25) is 0 Å². The Labute approximate surface area is 161 Å². The second-order valence-electron chi connectivity index (χ2n) is 6.95. The predicted octanol–water partition coefficient (Wildman–Crippen LogP) is 3.86. The van der Waals surface area contributed by atoms with Gasteiger partial charge in [-0.1, -0.05) is 0 Å². The lowest BCUT2D eigenvalue weighted by atomic mass is 9.96. The molecule has 0 aliphatic carbocycles. The molecule has 1 fully saturated rings. The lowest BCUT2D eigenvalue weighted by molar-refractivity contribution is 0.0703. The molecule has 5 nitrogen and oxygen atoms in total. The molecule has 7 heteroatoms. The maximum Gasteiger partial charge on any atom is 0.253 e. The van der Waals surface area contributed by atoms with E-state index in [0.717, 1.165) is 30.9 Å². The van der Waals surface area contributed by atoms with Crippen molar-refractivity contribution in [1.29, 1.82) is 0 Å². The summed E-state index contributed by atoms with van der Waals surface area (Å²) in [5.41, 5.74) is 3.89. The summed E-state index contributed by atoms with van der Waals surface area (Å²) < 4.78 is 15.6. The first-order valence-corrected chi connectivity index (χ1v) is 9.99. The average molecular weight is 384 g/mol. The van der Waals surface area contributed by atoms with Gasteiger partial charge < -0.3 is 9.47 Å². The fourth-order valence-electron chi connectivity index (χ4n) is 3.64. The highest BCUT2D eigenvalue weighted by molar-refractivity contribution is 7.07. The van der Waals surface area contributed by atoms with E-state index in [1.165, 1.54) is 6.07 Å². The Balaban J connectivity index is 1.51. The average Bonchev–Trinajstić information content (AvgIpc) is 3.36. The molecule has 1 saturated heterocycles. The smallest absolute Gasteiger partial charge is 0.253 e. The van der Waals surface area contributed by atoms with Gasteiger partial charge in [-0.15, -0.1) is 11.3 Å². The molecule has 3 heterocycles. The van der Waals surface area contributed by atoms with Crippen LogP contribution in [-0.4, -0.2) is 38.4 Å². The number of hydrogen-bond donors (Lipinski definition) is 0. The Kier molecular flexibility index (Phi) is 5.03. The summed E-state index contributed by atoms with van der Waals surface area (Å²) in [5.74, 6) is 0.862. The number of benzene rings is 1. The van der Waals surface area contributed by atoms with E-state index in [1.54, 1.807) is 30.4 Å². The summed E-state index contributed by atoms with van der Waals surface area (Å²) >= 11 is 1.58. The van der Waals surface area contributed by atoms with Crippen molar-refractivity contribution in [1.82, 2.24) is 19.4 Å². The number of nitrogens with zero attached hydrogens (tertiary/aromatic N) is 4. The first-order chi connectivity index (χ1) is 13.1. The van der Waals surface area contributed by atoms with Crippen molar-refractivity contribution in [3.63, 3.8) is 0 Å². The van der Waals surface area contributed by atoms with E-state index in [1.807, 2.05) is 28.2 Å². The number of aromatic nitrogens is 3. The highest BCUT2D eigenvalue weighted by Crippen LogP contribution is 2.27. The molecule has 2 aromatic heterocycles. The highest BCUT2D eigenvalue weighted by atomic mass is 32.1. The standard InChI is InChI=1S/C20H21FN4OS/c1-14-9-15(4-5-18(14)21)20(26)25-7-2-3-16(10-25)19-22-6-8-24(19)11-17-12-27-13-23-17/h4-6,8-9,12-13,16H,2-3,7,10-11H2,1H3/t16-/m0/s1. The molecule has 0 radical (unpaired) electrons. The molecule has 0 saturated carbocycles. The van der Waals surface area contributed by atoms with Crippen LogP contribution in [0.5, 0.6) is 0 Å². The van der Waals surface area contributed by atoms with Crippen molar-refractivity contribution in [3.8, 4) is 0 Å². The number of carbonyl (C=O) groups is 1. The van der Waals surface area contributed by atoms with E-state index >= 15 is 0 Å². The van der Waals surface area contributed by atoms with E-state index < -0.39 is 0 Å². The molecule has 0 N–H and O–H groups in total. The largest absolute Gasteiger partial charge is 0.338 e. The molecule has 1 aliphatic heterocycles. The van der Waals surface area contributed by atoms with Crippen LogP contribution in [0, 0.1) is 12.7 Å². The molecule has 1 atom stereocenters. The first kappa shape index (κ1) is 17.9. The molecule has 140 valence electrons. The fraction of sp³-hybridized carbons (Fsp3) is 0.350. The highest BCUT2D eigenvalue weighted by Gasteiger charge is 2.28. The minimum Gasteiger partial charge on any atom is -0.338 e. The van der Waals surface area contributed by atoms with Crippen molar-refractivity contribution >= 4 is 17.2 Å². The molecule has 1 amide bonds. The molecule has 0 spiro atoms. The van der Waals surface area contributed by atoms with Gasteiger partial charge in [-0.2, -0.15) is 0 Å². The minimum atomic E-state index is -0.285. The summed E-state index contributed by atoms with van der Waals surface area (Å²) in [6.45, 7) is 3.72. The maximum atomic E-state index is 13.5. The summed E-state index contributed by atoms with van der Waals surface area (Å²) in [7, 11) is 0. The number of thiazole rings is 1. The molecular formula is C20H21FN4OS. The Morgan fingerprint density at radius 1 is 1.37 bits per heavy atom. The number of halogens is 1. The quantitative estimate of drug-likeness (QED) is 0.686.